The second-order valence-corrected chi connectivity index (χ2v) is 6.83. The summed E-state index contributed by atoms with van der Waals surface area (Å²) in [7, 11) is 5.22. The predicted molar refractivity (Wildman–Crippen MR) is 106 cm³/mol. The molecule has 2 aromatic carbocycles. The van der Waals surface area contributed by atoms with E-state index in [9.17, 15) is 9.59 Å². The lowest BCUT2D eigenvalue weighted by Crippen LogP contribution is -3.11. The van der Waals surface area contributed by atoms with Crippen LogP contribution in [0.15, 0.2) is 48.5 Å². The second kappa shape index (κ2) is 9.73. The smallest absolute Gasteiger partial charge is 0.279 e. The Labute approximate surface area is 160 Å². The third-order valence-electron chi connectivity index (χ3n) is 4.23. The highest BCUT2D eigenvalue weighted by molar-refractivity contribution is 5.91. The van der Waals surface area contributed by atoms with Gasteiger partial charge in [-0.1, -0.05) is 29.8 Å². The fourth-order valence-corrected chi connectivity index (χ4v) is 2.70. The van der Waals surface area contributed by atoms with E-state index in [0.29, 0.717) is 6.54 Å². The van der Waals surface area contributed by atoms with Crippen molar-refractivity contribution in [3.05, 3.63) is 59.7 Å². The number of likely N-dealkylation sites (N-methyl/N-ethyl adjacent to an activating group) is 2. The molecule has 6 heteroatoms. The van der Waals surface area contributed by atoms with Crippen LogP contribution >= 0.6 is 0 Å². The number of hydrogen-bond acceptors (Lipinski definition) is 3. The van der Waals surface area contributed by atoms with Crippen LogP contribution in [0.4, 0.5) is 5.69 Å². The summed E-state index contributed by atoms with van der Waals surface area (Å²) < 4.78 is 5.21. The minimum atomic E-state index is -0.111. The van der Waals surface area contributed by atoms with Crippen molar-refractivity contribution in [1.82, 2.24) is 4.90 Å². The van der Waals surface area contributed by atoms with Gasteiger partial charge in [0.05, 0.1) is 14.2 Å². The van der Waals surface area contributed by atoms with Gasteiger partial charge in [0.25, 0.3) is 11.8 Å². The molecule has 2 aromatic rings. The van der Waals surface area contributed by atoms with Gasteiger partial charge in [-0.2, -0.15) is 0 Å². The molecule has 144 valence electrons. The number of methoxy groups -OCH3 is 1. The summed E-state index contributed by atoms with van der Waals surface area (Å²) >= 11 is 0. The Kier molecular flexibility index (Phi) is 7.37. The summed E-state index contributed by atoms with van der Waals surface area (Å²) in [6.45, 7) is 2.98. The van der Waals surface area contributed by atoms with Gasteiger partial charge in [-0.15, -0.1) is 0 Å². The van der Waals surface area contributed by atoms with E-state index in [0.717, 1.165) is 27.5 Å². The highest BCUT2D eigenvalue weighted by atomic mass is 16.5. The third kappa shape index (κ3) is 6.75. The lowest BCUT2D eigenvalue weighted by atomic mass is 10.2. The summed E-state index contributed by atoms with van der Waals surface area (Å²) in [4.78, 5) is 27.1. The van der Waals surface area contributed by atoms with Crippen LogP contribution in [-0.4, -0.2) is 51.0 Å². The van der Waals surface area contributed by atoms with Crippen molar-refractivity contribution in [2.45, 2.75) is 13.5 Å². The molecular weight excluding hydrogens is 342 g/mol. The van der Waals surface area contributed by atoms with Gasteiger partial charge in [0.2, 0.25) is 0 Å². The van der Waals surface area contributed by atoms with Gasteiger partial charge in [0, 0.05) is 19.3 Å². The maximum absolute atomic E-state index is 12.4. The highest BCUT2D eigenvalue weighted by Gasteiger charge is 2.17. The van der Waals surface area contributed by atoms with Crippen LogP contribution in [0.2, 0.25) is 0 Å². The van der Waals surface area contributed by atoms with Crippen molar-refractivity contribution in [2.24, 2.45) is 0 Å². The maximum atomic E-state index is 12.4. The average Bonchev–Trinajstić information content (AvgIpc) is 2.63. The van der Waals surface area contributed by atoms with E-state index in [1.165, 1.54) is 0 Å². The topological polar surface area (TPSA) is 63.1 Å². The Balaban J connectivity index is 1.81. The van der Waals surface area contributed by atoms with Gasteiger partial charge in [-0.25, -0.2) is 0 Å². The van der Waals surface area contributed by atoms with E-state index in [4.69, 9.17) is 4.74 Å². The molecule has 0 aliphatic heterocycles. The van der Waals surface area contributed by atoms with Gasteiger partial charge in [0.1, 0.15) is 5.75 Å². The van der Waals surface area contributed by atoms with E-state index in [1.807, 2.05) is 62.5 Å². The van der Waals surface area contributed by atoms with E-state index >= 15 is 0 Å². The predicted octanol–water partition coefficient (Wildman–Crippen LogP) is 1.12. The fourth-order valence-electron chi connectivity index (χ4n) is 2.70. The first-order valence-electron chi connectivity index (χ1n) is 8.92. The third-order valence-corrected chi connectivity index (χ3v) is 4.23. The first kappa shape index (κ1) is 20.5. The largest absolute Gasteiger partial charge is 0.497 e. The molecule has 0 bridgehead atoms. The summed E-state index contributed by atoms with van der Waals surface area (Å²) in [5, 5.41) is 2.86. The van der Waals surface area contributed by atoms with Crippen LogP contribution in [0.1, 0.15) is 11.1 Å². The number of quaternary nitrogens is 1. The molecule has 0 aliphatic rings. The van der Waals surface area contributed by atoms with Crippen molar-refractivity contribution in [1.29, 1.82) is 0 Å². The molecule has 0 aliphatic carbocycles. The molecule has 1 unspecified atom stereocenters. The standard InChI is InChI=1S/C21H27N3O3/c1-16-8-10-18(11-9-16)22-20(25)14-23(2)15-21(26)24(3)13-17-6-5-7-19(12-17)27-4/h5-12H,13-15H2,1-4H3,(H,22,25)/p+1. The number of carbonyl (C=O) groups is 2. The minimum absolute atomic E-state index is 0.0153. The van der Waals surface area contributed by atoms with E-state index in [2.05, 4.69) is 5.32 Å². The van der Waals surface area contributed by atoms with E-state index in [-0.39, 0.29) is 24.9 Å². The summed E-state index contributed by atoms with van der Waals surface area (Å²) in [5.41, 5.74) is 2.90. The van der Waals surface area contributed by atoms with Crippen molar-refractivity contribution < 1.29 is 19.2 Å². The number of ether oxygens (including phenoxy) is 1. The first-order chi connectivity index (χ1) is 12.9. The number of hydrogen-bond donors (Lipinski definition) is 2. The highest BCUT2D eigenvalue weighted by Crippen LogP contribution is 2.13. The molecule has 0 saturated heterocycles. The Bertz CT molecular complexity index is 774. The van der Waals surface area contributed by atoms with Gasteiger partial charge >= 0.3 is 0 Å². The zero-order chi connectivity index (χ0) is 19.8. The molecular formula is C21H28N3O3+. The molecule has 0 saturated carbocycles. The van der Waals surface area contributed by atoms with Crippen LogP contribution in [-0.2, 0) is 16.1 Å². The number of carbonyl (C=O) groups excluding carboxylic acids is 2. The average molecular weight is 370 g/mol. The van der Waals surface area contributed by atoms with Crippen LogP contribution in [0.25, 0.3) is 0 Å². The Hall–Kier alpha value is -2.86. The van der Waals surface area contributed by atoms with Crippen LogP contribution in [0.5, 0.6) is 5.75 Å². The molecule has 2 N–H and O–H groups in total. The Morgan fingerprint density at radius 1 is 1.11 bits per heavy atom. The number of rotatable bonds is 8. The van der Waals surface area contributed by atoms with Gasteiger partial charge in [-0.3, -0.25) is 9.59 Å². The zero-order valence-electron chi connectivity index (χ0n) is 16.4. The molecule has 6 nitrogen and oxygen atoms in total. The summed E-state index contributed by atoms with van der Waals surface area (Å²) in [6, 6.07) is 15.3. The fraction of sp³-hybridized carbons (Fsp3) is 0.333. The number of benzene rings is 2. The van der Waals surface area contributed by atoms with E-state index in [1.54, 1.807) is 19.1 Å². The Morgan fingerprint density at radius 2 is 1.81 bits per heavy atom. The molecule has 2 rings (SSSR count). The van der Waals surface area contributed by atoms with Crippen molar-refractivity contribution in [3.8, 4) is 5.75 Å². The van der Waals surface area contributed by atoms with Gasteiger partial charge < -0.3 is 19.9 Å². The normalized spacial score (nSPS) is 11.6. The Morgan fingerprint density at radius 3 is 2.48 bits per heavy atom. The maximum Gasteiger partial charge on any atom is 0.279 e. The lowest BCUT2D eigenvalue weighted by Gasteiger charge is -2.20. The van der Waals surface area contributed by atoms with Gasteiger partial charge in [-0.05, 0) is 36.8 Å². The van der Waals surface area contributed by atoms with Gasteiger partial charge in [0.15, 0.2) is 13.1 Å². The van der Waals surface area contributed by atoms with Crippen molar-refractivity contribution in [2.75, 3.05) is 39.6 Å². The van der Waals surface area contributed by atoms with Crippen LogP contribution < -0.4 is 15.0 Å². The number of aryl methyl sites for hydroxylation is 1. The molecule has 0 spiro atoms. The first-order valence-corrected chi connectivity index (χ1v) is 8.92. The second-order valence-electron chi connectivity index (χ2n) is 6.83. The minimum Gasteiger partial charge on any atom is -0.497 e. The number of amides is 2. The summed E-state index contributed by atoms with van der Waals surface area (Å²) in [5.74, 6) is 0.641. The molecule has 0 fully saturated rings. The van der Waals surface area contributed by atoms with Crippen LogP contribution in [0, 0.1) is 6.92 Å². The number of nitrogens with one attached hydrogen (secondary N) is 2. The molecule has 0 aromatic heterocycles. The SMILES string of the molecule is COc1cccc(CN(C)C(=O)C[NH+](C)CC(=O)Nc2ccc(C)cc2)c1. The molecule has 27 heavy (non-hydrogen) atoms. The zero-order valence-corrected chi connectivity index (χ0v) is 16.4. The van der Waals surface area contributed by atoms with Crippen LogP contribution in [0.3, 0.4) is 0 Å². The number of anilines is 1. The lowest BCUT2D eigenvalue weighted by molar-refractivity contribution is -0.862. The molecule has 1 atom stereocenters. The quantitative estimate of drug-likeness (QED) is 0.732. The molecule has 0 heterocycles. The molecule has 0 radical (unpaired) electrons. The monoisotopic (exact) mass is 370 g/mol. The van der Waals surface area contributed by atoms with Crippen molar-refractivity contribution in [3.63, 3.8) is 0 Å². The van der Waals surface area contributed by atoms with E-state index < -0.39 is 0 Å². The summed E-state index contributed by atoms with van der Waals surface area (Å²) in [6.07, 6.45) is 0. The van der Waals surface area contributed by atoms with Crippen molar-refractivity contribution >= 4 is 17.5 Å². The molecule has 2 amide bonds. The number of nitrogens with zero attached hydrogens (tertiary/aromatic N) is 1.